The average molecular weight is 207 g/mol. The van der Waals surface area contributed by atoms with Crippen LogP contribution < -0.4 is 0 Å². The summed E-state index contributed by atoms with van der Waals surface area (Å²) in [5.41, 5.74) is 1.04. The molecular formula is C9H6FN3O2. The maximum atomic E-state index is 12.6. The van der Waals surface area contributed by atoms with Crippen molar-refractivity contribution >= 4 is 5.82 Å². The number of halogens is 1. The minimum absolute atomic E-state index is 0.186. The Morgan fingerprint density at radius 2 is 2.00 bits per heavy atom. The molecule has 1 heterocycles. The molecule has 0 amide bonds. The molecule has 1 N–H and O–H groups in total. The summed E-state index contributed by atoms with van der Waals surface area (Å²) in [4.78, 5) is 9.80. The Kier molecular flexibility index (Phi) is 2.17. The van der Waals surface area contributed by atoms with Gasteiger partial charge in [0.15, 0.2) is 0 Å². The van der Waals surface area contributed by atoms with Crippen molar-refractivity contribution in [2.75, 3.05) is 0 Å². The summed E-state index contributed by atoms with van der Waals surface area (Å²) >= 11 is 0. The molecule has 1 aromatic heterocycles. The zero-order chi connectivity index (χ0) is 10.8. The van der Waals surface area contributed by atoms with Crippen molar-refractivity contribution in [3.05, 3.63) is 46.3 Å². The van der Waals surface area contributed by atoms with E-state index in [4.69, 9.17) is 0 Å². The van der Waals surface area contributed by atoms with Crippen molar-refractivity contribution < 1.29 is 9.31 Å². The van der Waals surface area contributed by atoms with Gasteiger partial charge in [-0.2, -0.15) is 0 Å². The first kappa shape index (κ1) is 9.32. The Balaban J connectivity index is 2.37. The highest BCUT2D eigenvalue weighted by atomic mass is 19.1. The van der Waals surface area contributed by atoms with Crippen LogP contribution in [-0.4, -0.2) is 15.1 Å². The first-order valence-corrected chi connectivity index (χ1v) is 4.12. The third-order valence-corrected chi connectivity index (χ3v) is 1.90. The van der Waals surface area contributed by atoms with E-state index in [1.165, 1.54) is 30.3 Å². The van der Waals surface area contributed by atoms with Crippen LogP contribution >= 0.6 is 0 Å². The van der Waals surface area contributed by atoms with Gasteiger partial charge in [0.1, 0.15) is 11.5 Å². The Bertz CT molecular complexity index is 492. The first-order valence-electron chi connectivity index (χ1n) is 4.12. The Morgan fingerprint density at radius 3 is 2.53 bits per heavy atom. The summed E-state index contributed by atoms with van der Waals surface area (Å²) in [5.74, 6) is -0.543. The number of hydrogen-bond acceptors (Lipinski definition) is 3. The van der Waals surface area contributed by atoms with E-state index in [1.807, 2.05) is 0 Å². The number of nitrogens with one attached hydrogen (secondary N) is 1. The highest BCUT2D eigenvalue weighted by Crippen LogP contribution is 2.20. The number of H-pyrrole nitrogens is 1. The Labute approximate surface area is 83.7 Å². The number of hydrogen-bond donors (Lipinski definition) is 1. The summed E-state index contributed by atoms with van der Waals surface area (Å²) < 4.78 is 12.6. The SMILES string of the molecule is O=[N+]([O-])c1cc(-c2ccc(F)cc2)n[nH]1. The fraction of sp³-hybridized carbons (Fsp3) is 0. The monoisotopic (exact) mass is 207 g/mol. The number of nitrogens with zero attached hydrogens (tertiary/aromatic N) is 2. The molecule has 2 rings (SSSR count). The normalized spacial score (nSPS) is 10.2. The lowest BCUT2D eigenvalue weighted by atomic mass is 10.1. The number of aromatic nitrogens is 2. The van der Waals surface area contributed by atoms with Crippen molar-refractivity contribution in [3.63, 3.8) is 0 Å². The minimum atomic E-state index is -0.569. The van der Waals surface area contributed by atoms with Crippen LogP contribution in [0.2, 0.25) is 0 Å². The molecule has 0 aliphatic rings. The molecule has 0 aliphatic heterocycles. The topological polar surface area (TPSA) is 71.8 Å². The van der Waals surface area contributed by atoms with Crippen LogP contribution in [0.25, 0.3) is 11.3 Å². The van der Waals surface area contributed by atoms with Gasteiger partial charge in [-0.1, -0.05) is 5.10 Å². The van der Waals surface area contributed by atoms with Crippen LogP contribution in [0.1, 0.15) is 0 Å². The summed E-state index contributed by atoms with van der Waals surface area (Å²) in [7, 11) is 0. The summed E-state index contributed by atoms with van der Waals surface area (Å²) in [6.45, 7) is 0. The van der Waals surface area contributed by atoms with Crippen molar-refractivity contribution in [1.29, 1.82) is 0 Å². The molecule has 0 saturated carbocycles. The van der Waals surface area contributed by atoms with Crippen LogP contribution in [0.3, 0.4) is 0 Å². The molecular weight excluding hydrogens is 201 g/mol. The second kappa shape index (κ2) is 3.49. The van der Waals surface area contributed by atoms with Gasteiger partial charge in [0.25, 0.3) is 0 Å². The van der Waals surface area contributed by atoms with E-state index in [9.17, 15) is 14.5 Å². The molecule has 1 aromatic carbocycles. The smallest absolute Gasteiger partial charge is 0.343 e. The van der Waals surface area contributed by atoms with Gasteiger partial charge in [-0.3, -0.25) is 0 Å². The van der Waals surface area contributed by atoms with Crippen LogP contribution in [0, 0.1) is 15.9 Å². The molecule has 0 unspecified atom stereocenters. The molecule has 5 nitrogen and oxygen atoms in total. The zero-order valence-electron chi connectivity index (χ0n) is 7.48. The van der Waals surface area contributed by atoms with E-state index < -0.39 is 4.92 Å². The molecule has 0 spiro atoms. The molecule has 0 aliphatic carbocycles. The minimum Gasteiger partial charge on any atom is -0.358 e. The second-order valence-electron chi connectivity index (χ2n) is 2.90. The van der Waals surface area contributed by atoms with Crippen molar-refractivity contribution in [2.24, 2.45) is 0 Å². The van der Waals surface area contributed by atoms with E-state index >= 15 is 0 Å². The molecule has 0 fully saturated rings. The largest absolute Gasteiger partial charge is 0.358 e. The molecule has 0 radical (unpaired) electrons. The van der Waals surface area contributed by atoms with Gasteiger partial charge in [0.05, 0.1) is 6.07 Å². The third kappa shape index (κ3) is 1.83. The van der Waals surface area contributed by atoms with Gasteiger partial charge in [-0.15, -0.1) is 5.10 Å². The molecule has 6 heteroatoms. The van der Waals surface area contributed by atoms with Gasteiger partial charge in [-0.25, -0.2) is 4.39 Å². The standard InChI is InChI=1S/C9H6FN3O2/c10-7-3-1-6(2-4-7)8-5-9(12-11-8)13(14)15/h1-5H,(H,11,12). The van der Waals surface area contributed by atoms with Crippen molar-refractivity contribution in [3.8, 4) is 11.3 Å². The van der Waals surface area contributed by atoms with Crippen LogP contribution in [0.4, 0.5) is 10.2 Å². The number of nitro groups is 1. The molecule has 15 heavy (non-hydrogen) atoms. The lowest BCUT2D eigenvalue weighted by molar-refractivity contribution is -0.389. The lowest BCUT2D eigenvalue weighted by Gasteiger charge is -1.92. The Morgan fingerprint density at radius 1 is 1.33 bits per heavy atom. The van der Waals surface area contributed by atoms with Crippen molar-refractivity contribution in [2.45, 2.75) is 0 Å². The predicted octanol–water partition coefficient (Wildman–Crippen LogP) is 2.12. The maximum Gasteiger partial charge on any atom is 0.343 e. The zero-order valence-corrected chi connectivity index (χ0v) is 7.48. The molecule has 2 aromatic rings. The van der Waals surface area contributed by atoms with E-state index in [-0.39, 0.29) is 11.6 Å². The highest BCUT2D eigenvalue weighted by Gasteiger charge is 2.10. The third-order valence-electron chi connectivity index (χ3n) is 1.90. The average Bonchev–Trinajstić information content (AvgIpc) is 2.68. The lowest BCUT2D eigenvalue weighted by Crippen LogP contribution is -1.86. The fourth-order valence-electron chi connectivity index (χ4n) is 1.17. The van der Waals surface area contributed by atoms with Crippen LogP contribution in [0.5, 0.6) is 0 Å². The summed E-state index contributed by atoms with van der Waals surface area (Å²) in [6.07, 6.45) is 0. The van der Waals surface area contributed by atoms with Gasteiger partial charge in [0, 0.05) is 5.56 Å². The summed E-state index contributed by atoms with van der Waals surface area (Å²) in [6, 6.07) is 6.86. The molecule has 0 saturated heterocycles. The van der Waals surface area contributed by atoms with Crippen molar-refractivity contribution in [1.82, 2.24) is 10.2 Å². The molecule has 76 valence electrons. The van der Waals surface area contributed by atoms with E-state index in [0.29, 0.717) is 11.3 Å². The van der Waals surface area contributed by atoms with Crippen LogP contribution in [0.15, 0.2) is 30.3 Å². The quantitative estimate of drug-likeness (QED) is 0.605. The van der Waals surface area contributed by atoms with E-state index in [0.717, 1.165) is 0 Å². The van der Waals surface area contributed by atoms with Gasteiger partial charge in [-0.05, 0) is 29.2 Å². The molecule has 0 atom stereocenters. The second-order valence-corrected chi connectivity index (χ2v) is 2.90. The first-order chi connectivity index (χ1) is 7.16. The van der Waals surface area contributed by atoms with Gasteiger partial charge in [0.2, 0.25) is 0 Å². The molecule has 0 bridgehead atoms. The number of benzene rings is 1. The fourth-order valence-corrected chi connectivity index (χ4v) is 1.17. The highest BCUT2D eigenvalue weighted by molar-refractivity contribution is 5.60. The Hall–Kier alpha value is -2.24. The summed E-state index contributed by atoms with van der Waals surface area (Å²) in [5, 5.41) is 16.4. The van der Waals surface area contributed by atoms with Gasteiger partial charge < -0.3 is 10.1 Å². The van der Waals surface area contributed by atoms with Gasteiger partial charge >= 0.3 is 5.82 Å². The van der Waals surface area contributed by atoms with Crippen LogP contribution in [-0.2, 0) is 0 Å². The maximum absolute atomic E-state index is 12.6. The number of rotatable bonds is 2. The predicted molar refractivity (Wildman–Crippen MR) is 50.6 cm³/mol. The van der Waals surface area contributed by atoms with E-state index in [2.05, 4.69) is 10.2 Å². The number of aromatic amines is 1. The van der Waals surface area contributed by atoms with E-state index in [1.54, 1.807) is 0 Å².